The molecule has 0 aliphatic rings. The highest BCUT2D eigenvalue weighted by Gasteiger charge is 2.14. The van der Waals surface area contributed by atoms with Gasteiger partial charge in [0, 0.05) is 29.0 Å². The maximum atomic E-state index is 13.0. The molecular formula is C22H17N3O2. The fraction of sp³-hybridized carbons (Fsp3) is 0.0455. The summed E-state index contributed by atoms with van der Waals surface area (Å²) in [6.45, 7) is -0.0293. The summed E-state index contributed by atoms with van der Waals surface area (Å²) in [5.74, 6) is -0.208. The van der Waals surface area contributed by atoms with E-state index < -0.39 is 0 Å². The van der Waals surface area contributed by atoms with Gasteiger partial charge in [-0.1, -0.05) is 30.3 Å². The molecule has 0 radical (unpaired) electrons. The van der Waals surface area contributed by atoms with E-state index in [-0.39, 0.29) is 12.5 Å². The molecule has 4 rings (SSSR count). The lowest BCUT2D eigenvalue weighted by atomic mass is 10.0. The average Bonchev–Trinajstić information content (AvgIpc) is 2.74. The Balaban J connectivity index is 1.75. The van der Waals surface area contributed by atoms with Crippen LogP contribution in [0, 0.1) is 0 Å². The monoisotopic (exact) mass is 355 g/mol. The number of hydrogen-bond donors (Lipinski definition) is 2. The quantitative estimate of drug-likeness (QED) is 0.579. The zero-order valence-electron chi connectivity index (χ0n) is 14.5. The van der Waals surface area contributed by atoms with E-state index in [4.69, 9.17) is 5.11 Å². The van der Waals surface area contributed by atoms with Gasteiger partial charge in [-0.3, -0.25) is 9.78 Å². The number of fused-ring (bicyclic) bond motifs is 1. The first kappa shape index (κ1) is 16.9. The Morgan fingerprint density at radius 1 is 0.963 bits per heavy atom. The number of amides is 1. The zero-order chi connectivity index (χ0) is 18.6. The number of nitrogens with one attached hydrogen (secondary N) is 1. The molecular weight excluding hydrogens is 338 g/mol. The van der Waals surface area contributed by atoms with Crippen molar-refractivity contribution in [1.29, 1.82) is 0 Å². The minimum absolute atomic E-state index is 0.0293. The normalized spacial score (nSPS) is 10.7. The molecule has 0 spiro atoms. The number of hydrogen-bond acceptors (Lipinski definition) is 4. The smallest absolute Gasteiger partial charge is 0.256 e. The van der Waals surface area contributed by atoms with Crippen molar-refractivity contribution in [1.82, 2.24) is 9.97 Å². The molecule has 2 aromatic heterocycles. The molecule has 5 heteroatoms. The second-order valence-electron chi connectivity index (χ2n) is 6.12. The topological polar surface area (TPSA) is 75.1 Å². The molecule has 0 saturated carbocycles. The standard InChI is InChI=1S/C22H17N3O2/c26-14-15-5-7-17(8-6-15)24-22(27)19-13-21(16-9-11-23-12-10-16)25-20-4-2-1-3-18(19)20/h1-13,26H,14H2,(H,24,27). The second kappa shape index (κ2) is 7.35. The van der Waals surface area contributed by atoms with Gasteiger partial charge in [0.15, 0.2) is 0 Å². The van der Waals surface area contributed by atoms with E-state index in [0.717, 1.165) is 27.7 Å². The molecule has 1 amide bonds. The first-order valence-electron chi connectivity index (χ1n) is 8.56. The molecule has 0 fully saturated rings. The Morgan fingerprint density at radius 2 is 1.70 bits per heavy atom. The lowest BCUT2D eigenvalue weighted by Crippen LogP contribution is -2.13. The number of carbonyl (C=O) groups excluding carboxylic acids is 1. The number of nitrogens with zero attached hydrogens (tertiary/aromatic N) is 2. The Labute approximate surface area is 156 Å². The van der Waals surface area contributed by atoms with Crippen molar-refractivity contribution in [3.63, 3.8) is 0 Å². The third kappa shape index (κ3) is 3.54. The molecule has 0 atom stereocenters. The van der Waals surface area contributed by atoms with Gasteiger partial charge < -0.3 is 10.4 Å². The van der Waals surface area contributed by atoms with Crippen LogP contribution in [-0.2, 0) is 6.61 Å². The first-order chi connectivity index (χ1) is 13.2. The summed E-state index contributed by atoms with van der Waals surface area (Å²) in [6.07, 6.45) is 3.41. The molecule has 2 heterocycles. The summed E-state index contributed by atoms with van der Waals surface area (Å²) in [7, 11) is 0. The van der Waals surface area contributed by atoms with Crippen molar-refractivity contribution in [3.05, 3.63) is 90.3 Å². The molecule has 2 N–H and O–H groups in total. The summed E-state index contributed by atoms with van der Waals surface area (Å²) in [4.78, 5) is 21.7. The number of para-hydroxylation sites is 1. The number of aromatic nitrogens is 2. The van der Waals surface area contributed by atoms with E-state index in [1.165, 1.54) is 0 Å². The summed E-state index contributed by atoms with van der Waals surface area (Å²) in [5, 5.41) is 12.9. The Kier molecular flexibility index (Phi) is 4.60. The zero-order valence-corrected chi connectivity index (χ0v) is 14.5. The number of anilines is 1. The van der Waals surface area contributed by atoms with Crippen LogP contribution >= 0.6 is 0 Å². The second-order valence-corrected chi connectivity index (χ2v) is 6.12. The fourth-order valence-electron chi connectivity index (χ4n) is 2.93. The minimum Gasteiger partial charge on any atom is -0.392 e. The highest BCUT2D eigenvalue weighted by molar-refractivity contribution is 6.13. The van der Waals surface area contributed by atoms with Gasteiger partial charge in [-0.15, -0.1) is 0 Å². The predicted octanol–water partition coefficient (Wildman–Crippen LogP) is 4.04. The van der Waals surface area contributed by atoms with Crippen molar-refractivity contribution >= 4 is 22.5 Å². The van der Waals surface area contributed by atoms with Gasteiger partial charge in [0.1, 0.15) is 0 Å². The predicted molar refractivity (Wildman–Crippen MR) is 105 cm³/mol. The van der Waals surface area contributed by atoms with Crippen molar-refractivity contribution in [2.24, 2.45) is 0 Å². The van der Waals surface area contributed by atoms with Crippen LogP contribution in [0.25, 0.3) is 22.2 Å². The fourth-order valence-corrected chi connectivity index (χ4v) is 2.93. The SMILES string of the molecule is O=C(Nc1ccc(CO)cc1)c1cc(-c2ccncc2)nc2ccccc12. The molecule has 0 bridgehead atoms. The summed E-state index contributed by atoms with van der Waals surface area (Å²) in [5.41, 5.74) is 4.39. The van der Waals surface area contributed by atoms with E-state index in [1.807, 2.05) is 36.4 Å². The molecule has 2 aromatic carbocycles. The van der Waals surface area contributed by atoms with Crippen molar-refractivity contribution in [2.45, 2.75) is 6.61 Å². The average molecular weight is 355 g/mol. The van der Waals surface area contributed by atoms with Gasteiger partial charge in [0.25, 0.3) is 5.91 Å². The van der Waals surface area contributed by atoms with Gasteiger partial charge in [-0.25, -0.2) is 4.98 Å². The molecule has 0 aliphatic carbocycles. The molecule has 0 saturated heterocycles. The van der Waals surface area contributed by atoms with Gasteiger partial charge >= 0.3 is 0 Å². The molecule has 27 heavy (non-hydrogen) atoms. The molecule has 0 unspecified atom stereocenters. The minimum atomic E-state index is -0.208. The van der Waals surface area contributed by atoms with Crippen LogP contribution < -0.4 is 5.32 Å². The summed E-state index contributed by atoms with van der Waals surface area (Å²) < 4.78 is 0. The van der Waals surface area contributed by atoms with E-state index in [1.54, 1.807) is 42.7 Å². The number of aliphatic hydroxyl groups is 1. The lowest BCUT2D eigenvalue weighted by molar-refractivity contribution is 0.102. The van der Waals surface area contributed by atoms with Crippen LogP contribution in [0.4, 0.5) is 5.69 Å². The number of aliphatic hydroxyl groups excluding tert-OH is 1. The lowest BCUT2D eigenvalue weighted by Gasteiger charge is -2.11. The third-order valence-corrected chi connectivity index (χ3v) is 4.33. The van der Waals surface area contributed by atoms with Crippen molar-refractivity contribution < 1.29 is 9.90 Å². The van der Waals surface area contributed by atoms with E-state index >= 15 is 0 Å². The molecule has 0 aliphatic heterocycles. The summed E-state index contributed by atoms with van der Waals surface area (Å²) in [6, 6.07) is 20.2. The van der Waals surface area contributed by atoms with Crippen LogP contribution in [0.5, 0.6) is 0 Å². The van der Waals surface area contributed by atoms with Crippen LogP contribution in [-0.4, -0.2) is 21.0 Å². The van der Waals surface area contributed by atoms with Crippen LogP contribution in [0.3, 0.4) is 0 Å². The Hall–Kier alpha value is -3.57. The Morgan fingerprint density at radius 3 is 2.44 bits per heavy atom. The van der Waals surface area contributed by atoms with Crippen molar-refractivity contribution in [2.75, 3.05) is 5.32 Å². The van der Waals surface area contributed by atoms with E-state index in [9.17, 15) is 4.79 Å². The molecule has 132 valence electrons. The number of rotatable bonds is 4. The van der Waals surface area contributed by atoms with Crippen molar-refractivity contribution in [3.8, 4) is 11.3 Å². The number of carbonyl (C=O) groups is 1. The van der Waals surface area contributed by atoms with Crippen LogP contribution in [0.2, 0.25) is 0 Å². The molecule has 4 aromatic rings. The maximum absolute atomic E-state index is 13.0. The maximum Gasteiger partial charge on any atom is 0.256 e. The van der Waals surface area contributed by atoms with Gasteiger partial charge in [-0.05, 0) is 42.0 Å². The van der Waals surface area contributed by atoms with Crippen LogP contribution in [0.1, 0.15) is 15.9 Å². The van der Waals surface area contributed by atoms with Gasteiger partial charge in [-0.2, -0.15) is 0 Å². The highest BCUT2D eigenvalue weighted by atomic mass is 16.3. The van der Waals surface area contributed by atoms with Gasteiger partial charge in [0.05, 0.1) is 23.4 Å². The van der Waals surface area contributed by atoms with E-state index in [2.05, 4.69) is 15.3 Å². The first-order valence-corrected chi connectivity index (χ1v) is 8.56. The molecule has 5 nitrogen and oxygen atoms in total. The summed E-state index contributed by atoms with van der Waals surface area (Å²) >= 11 is 0. The third-order valence-electron chi connectivity index (χ3n) is 4.33. The van der Waals surface area contributed by atoms with Gasteiger partial charge in [0.2, 0.25) is 0 Å². The number of pyridine rings is 2. The van der Waals surface area contributed by atoms with E-state index in [0.29, 0.717) is 11.3 Å². The highest BCUT2D eigenvalue weighted by Crippen LogP contribution is 2.25. The van der Waals surface area contributed by atoms with Crippen LogP contribution in [0.15, 0.2) is 79.1 Å². The Bertz CT molecular complexity index is 1090. The number of benzene rings is 2. The largest absolute Gasteiger partial charge is 0.392 e.